The molecule has 0 aliphatic heterocycles. The Morgan fingerprint density at radius 3 is 2.52 bits per heavy atom. The van der Waals surface area contributed by atoms with Crippen molar-refractivity contribution in [1.82, 2.24) is 14.9 Å². The van der Waals surface area contributed by atoms with Gasteiger partial charge in [0.1, 0.15) is 0 Å². The molecular formula is C14H17N3O4S2. The van der Waals surface area contributed by atoms with Crippen molar-refractivity contribution in [2.75, 3.05) is 5.75 Å². The first kappa shape index (κ1) is 17.5. The fraction of sp³-hybridized carbons (Fsp3) is 0.357. The van der Waals surface area contributed by atoms with Gasteiger partial charge in [-0.05, 0) is 36.4 Å². The Morgan fingerprint density at radius 2 is 1.91 bits per heavy atom. The third-order valence-corrected chi connectivity index (χ3v) is 4.90. The van der Waals surface area contributed by atoms with Crippen LogP contribution in [0.4, 0.5) is 0 Å². The van der Waals surface area contributed by atoms with Crippen LogP contribution < -0.4 is 4.72 Å². The van der Waals surface area contributed by atoms with Crippen LogP contribution in [-0.2, 0) is 14.8 Å². The highest BCUT2D eigenvalue weighted by Gasteiger charge is 2.17. The first-order valence-electron chi connectivity index (χ1n) is 7.08. The van der Waals surface area contributed by atoms with Crippen LogP contribution in [0, 0.1) is 0 Å². The lowest BCUT2D eigenvalue weighted by molar-refractivity contribution is -0.119. The molecule has 2 aromatic rings. The van der Waals surface area contributed by atoms with E-state index in [1.54, 1.807) is 19.1 Å². The number of benzene rings is 1. The molecule has 0 saturated carbocycles. The molecule has 0 radical (unpaired) electrons. The first-order chi connectivity index (χ1) is 11.0. The average Bonchev–Trinajstić information content (AvgIpc) is 2.96. The number of hydrogen-bond acceptors (Lipinski definition) is 7. The third kappa shape index (κ3) is 4.55. The fourth-order valence-electron chi connectivity index (χ4n) is 1.77. The minimum absolute atomic E-state index is 0.00775. The summed E-state index contributed by atoms with van der Waals surface area (Å²) in [5, 5.41) is 8.26. The van der Waals surface area contributed by atoms with Crippen molar-refractivity contribution in [3.8, 4) is 11.5 Å². The highest BCUT2D eigenvalue weighted by molar-refractivity contribution is 7.99. The third-order valence-electron chi connectivity index (χ3n) is 2.81. The Morgan fingerprint density at radius 1 is 1.22 bits per heavy atom. The van der Waals surface area contributed by atoms with Gasteiger partial charge in [-0.3, -0.25) is 4.79 Å². The molecule has 0 aliphatic carbocycles. The number of carbonyl (C=O) groups is 1. The summed E-state index contributed by atoms with van der Waals surface area (Å²) in [4.78, 5) is 11.5. The van der Waals surface area contributed by atoms with E-state index < -0.39 is 15.9 Å². The molecule has 0 fully saturated rings. The summed E-state index contributed by atoms with van der Waals surface area (Å²) < 4.78 is 31.6. The Balaban J connectivity index is 2.16. The summed E-state index contributed by atoms with van der Waals surface area (Å²) in [6.45, 7) is 3.78. The van der Waals surface area contributed by atoms with Crippen LogP contribution >= 0.6 is 11.8 Å². The molecule has 9 heteroatoms. The summed E-state index contributed by atoms with van der Waals surface area (Å²) in [5.74, 6) is 0.616. The second kappa shape index (κ2) is 7.60. The van der Waals surface area contributed by atoms with Crippen molar-refractivity contribution in [3.63, 3.8) is 0 Å². The van der Waals surface area contributed by atoms with Gasteiger partial charge >= 0.3 is 0 Å². The van der Waals surface area contributed by atoms with Gasteiger partial charge in [-0.2, -0.15) is 0 Å². The molecule has 7 nitrogen and oxygen atoms in total. The Bertz CT molecular complexity index is 770. The Hall–Kier alpha value is -1.87. The molecule has 23 heavy (non-hydrogen) atoms. The zero-order chi connectivity index (χ0) is 16.9. The van der Waals surface area contributed by atoms with Crippen LogP contribution in [0.25, 0.3) is 11.5 Å². The summed E-state index contributed by atoms with van der Waals surface area (Å²) >= 11 is 1.43. The van der Waals surface area contributed by atoms with Crippen LogP contribution in [-0.4, -0.2) is 30.3 Å². The van der Waals surface area contributed by atoms with Gasteiger partial charge < -0.3 is 4.42 Å². The van der Waals surface area contributed by atoms with E-state index in [0.29, 0.717) is 23.1 Å². The number of thioether (sulfide) groups is 1. The smallest absolute Gasteiger partial charge is 0.276 e. The molecule has 0 unspecified atom stereocenters. The maximum absolute atomic E-state index is 12.1. The number of carbonyl (C=O) groups excluding carboxylic acids is 1. The van der Waals surface area contributed by atoms with E-state index in [2.05, 4.69) is 10.2 Å². The fourth-order valence-corrected chi connectivity index (χ4v) is 3.27. The SMILES string of the molecule is CCCC(=O)NS(=O)(=O)c1ccc(-c2nnc(SCC)o2)cc1. The lowest BCUT2D eigenvalue weighted by Gasteiger charge is -2.06. The van der Waals surface area contributed by atoms with Gasteiger partial charge in [-0.25, -0.2) is 13.1 Å². The topological polar surface area (TPSA) is 102 Å². The molecule has 0 spiro atoms. The zero-order valence-corrected chi connectivity index (χ0v) is 14.4. The van der Waals surface area contributed by atoms with Crippen molar-refractivity contribution < 1.29 is 17.6 Å². The summed E-state index contributed by atoms with van der Waals surface area (Å²) in [7, 11) is -3.85. The number of nitrogens with zero attached hydrogens (tertiary/aromatic N) is 2. The van der Waals surface area contributed by atoms with Crippen molar-refractivity contribution >= 4 is 27.7 Å². The lowest BCUT2D eigenvalue weighted by Crippen LogP contribution is -2.30. The first-order valence-corrected chi connectivity index (χ1v) is 9.55. The molecule has 1 N–H and O–H groups in total. The van der Waals surface area contributed by atoms with E-state index in [1.807, 2.05) is 11.6 Å². The molecule has 0 atom stereocenters. The molecule has 0 saturated heterocycles. The van der Waals surface area contributed by atoms with Crippen LogP contribution in [0.3, 0.4) is 0 Å². The van der Waals surface area contributed by atoms with Crippen LogP contribution in [0.15, 0.2) is 38.8 Å². The standard InChI is InChI=1S/C14H17N3O4S2/c1-3-5-12(18)17-23(19,20)11-8-6-10(7-9-11)13-15-16-14(21-13)22-4-2/h6-9H,3-5H2,1-2H3,(H,17,18). The number of rotatable bonds is 7. The predicted molar refractivity (Wildman–Crippen MR) is 86.4 cm³/mol. The maximum Gasteiger partial charge on any atom is 0.276 e. The van der Waals surface area contributed by atoms with Gasteiger partial charge in [-0.1, -0.05) is 25.6 Å². The molecule has 1 heterocycles. The van der Waals surface area contributed by atoms with E-state index in [1.165, 1.54) is 23.9 Å². The summed E-state index contributed by atoms with van der Waals surface area (Å²) in [6.07, 6.45) is 0.743. The Labute approximate surface area is 138 Å². The molecule has 1 aromatic heterocycles. The molecule has 0 bridgehead atoms. The van der Waals surface area contributed by atoms with Gasteiger partial charge in [0, 0.05) is 12.0 Å². The quantitative estimate of drug-likeness (QED) is 0.761. The van der Waals surface area contributed by atoms with Crippen molar-refractivity contribution in [1.29, 1.82) is 0 Å². The van der Waals surface area contributed by atoms with E-state index in [9.17, 15) is 13.2 Å². The lowest BCUT2D eigenvalue weighted by atomic mass is 10.2. The number of hydrogen-bond donors (Lipinski definition) is 1. The van der Waals surface area contributed by atoms with Crippen LogP contribution in [0.1, 0.15) is 26.7 Å². The van der Waals surface area contributed by atoms with Gasteiger partial charge in [0.2, 0.25) is 11.8 Å². The normalized spacial score (nSPS) is 11.4. The average molecular weight is 355 g/mol. The highest BCUT2D eigenvalue weighted by Crippen LogP contribution is 2.24. The predicted octanol–water partition coefficient (Wildman–Crippen LogP) is 2.45. The van der Waals surface area contributed by atoms with Crippen molar-refractivity contribution in [2.24, 2.45) is 0 Å². The molecule has 1 aromatic carbocycles. The Kier molecular flexibility index (Phi) is 5.78. The van der Waals surface area contributed by atoms with Gasteiger partial charge in [0.05, 0.1) is 4.90 Å². The summed E-state index contributed by atoms with van der Waals surface area (Å²) in [5.41, 5.74) is 0.610. The second-order valence-electron chi connectivity index (χ2n) is 4.61. The van der Waals surface area contributed by atoms with Gasteiger partial charge in [-0.15, -0.1) is 10.2 Å². The van der Waals surface area contributed by atoms with Crippen molar-refractivity contribution in [3.05, 3.63) is 24.3 Å². The molecule has 124 valence electrons. The number of nitrogens with one attached hydrogen (secondary N) is 1. The minimum atomic E-state index is -3.85. The number of aromatic nitrogens is 2. The molecular weight excluding hydrogens is 338 g/mol. The van der Waals surface area contributed by atoms with E-state index >= 15 is 0 Å². The zero-order valence-electron chi connectivity index (χ0n) is 12.8. The molecule has 0 aliphatic rings. The van der Waals surface area contributed by atoms with Gasteiger partial charge in [0.15, 0.2) is 0 Å². The largest absolute Gasteiger partial charge is 0.411 e. The van der Waals surface area contributed by atoms with E-state index in [-0.39, 0.29) is 11.3 Å². The molecule has 2 rings (SSSR count). The number of amides is 1. The van der Waals surface area contributed by atoms with Crippen molar-refractivity contribution in [2.45, 2.75) is 36.8 Å². The van der Waals surface area contributed by atoms with Crippen LogP contribution in [0.2, 0.25) is 0 Å². The minimum Gasteiger partial charge on any atom is -0.411 e. The highest BCUT2D eigenvalue weighted by atomic mass is 32.2. The van der Waals surface area contributed by atoms with E-state index in [4.69, 9.17) is 4.42 Å². The molecule has 1 amide bonds. The maximum atomic E-state index is 12.1. The van der Waals surface area contributed by atoms with Gasteiger partial charge in [0.25, 0.3) is 15.2 Å². The second-order valence-corrected chi connectivity index (χ2v) is 7.51. The van der Waals surface area contributed by atoms with Crippen LogP contribution in [0.5, 0.6) is 0 Å². The monoisotopic (exact) mass is 355 g/mol. The summed E-state index contributed by atoms with van der Waals surface area (Å²) in [6, 6.07) is 5.92. The van der Waals surface area contributed by atoms with E-state index in [0.717, 1.165) is 5.75 Å². The number of sulfonamides is 1.